The maximum atomic E-state index is 11.5. The molecule has 5 nitrogen and oxygen atoms in total. The smallest absolute Gasteiger partial charge is 0.270 e. The van der Waals surface area contributed by atoms with Crippen LogP contribution < -0.4 is 11.1 Å². The van der Waals surface area contributed by atoms with Gasteiger partial charge in [0.15, 0.2) is 0 Å². The molecular formula is C9H15N3O2S. The number of nitrogens with one attached hydrogen (secondary N) is 1. The summed E-state index contributed by atoms with van der Waals surface area (Å²) in [6.45, 7) is 2.72. The Morgan fingerprint density at radius 3 is 3.07 bits per heavy atom. The van der Waals surface area contributed by atoms with Crippen LogP contribution in [0.3, 0.4) is 0 Å². The topological polar surface area (TPSA) is 88.2 Å². The Morgan fingerprint density at radius 2 is 2.53 bits per heavy atom. The van der Waals surface area contributed by atoms with Crippen LogP contribution in [0.2, 0.25) is 0 Å². The van der Waals surface area contributed by atoms with Crippen LogP contribution in [0.5, 0.6) is 0 Å². The zero-order chi connectivity index (χ0) is 11.3. The van der Waals surface area contributed by atoms with Crippen LogP contribution in [0.1, 0.15) is 22.4 Å². The standard InChI is InChI=1S/C9H15N3O2S/c1-6(4-13)3-11-9(14)7-5-15-8(2-10)12-7/h5-6,13H,2-4,10H2,1H3,(H,11,14). The number of nitrogens with two attached hydrogens (primary N) is 1. The molecule has 0 saturated heterocycles. The minimum absolute atomic E-state index is 0.0570. The van der Waals surface area contributed by atoms with Gasteiger partial charge in [-0.2, -0.15) is 0 Å². The van der Waals surface area contributed by atoms with Crippen LogP contribution in [0, 0.1) is 5.92 Å². The molecule has 0 bridgehead atoms. The molecule has 1 atom stereocenters. The first-order valence-corrected chi connectivity index (χ1v) is 5.58. The van der Waals surface area contributed by atoms with Crippen molar-refractivity contribution < 1.29 is 9.90 Å². The summed E-state index contributed by atoms with van der Waals surface area (Å²) in [6.07, 6.45) is 0. The fourth-order valence-corrected chi connectivity index (χ4v) is 1.59. The van der Waals surface area contributed by atoms with Gasteiger partial charge in [0.25, 0.3) is 5.91 Å². The van der Waals surface area contributed by atoms with Crippen LogP contribution in [-0.2, 0) is 6.54 Å². The van der Waals surface area contributed by atoms with E-state index in [1.54, 1.807) is 5.38 Å². The molecule has 0 spiro atoms. The Bertz CT molecular complexity index is 327. The molecule has 0 aromatic carbocycles. The Labute approximate surface area is 92.3 Å². The fourth-order valence-electron chi connectivity index (χ4n) is 0.931. The Hall–Kier alpha value is -0.980. The van der Waals surface area contributed by atoms with Crippen LogP contribution >= 0.6 is 11.3 Å². The van der Waals surface area contributed by atoms with Crippen LogP contribution in [0.15, 0.2) is 5.38 Å². The van der Waals surface area contributed by atoms with Crippen molar-refractivity contribution in [2.45, 2.75) is 13.5 Å². The molecule has 1 aromatic rings. The molecule has 0 aliphatic carbocycles. The van der Waals surface area contributed by atoms with Gasteiger partial charge in [0, 0.05) is 25.1 Å². The summed E-state index contributed by atoms with van der Waals surface area (Å²) in [5.41, 5.74) is 5.78. The highest BCUT2D eigenvalue weighted by Crippen LogP contribution is 2.08. The van der Waals surface area contributed by atoms with Crippen molar-refractivity contribution in [2.24, 2.45) is 11.7 Å². The summed E-state index contributed by atoms with van der Waals surface area (Å²) < 4.78 is 0. The van der Waals surface area contributed by atoms with E-state index in [-0.39, 0.29) is 18.4 Å². The van der Waals surface area contributed by atoms with Crippen molar-refractivity contribution in [3.05, 3.63) is 16.1 Å². The SMILES string of the molecule is CC(CO)CNC(=O)c1csc(CN)n1. The van der Waals surface area contributed by atoms with E-state index in [1.165, 1.54) is 11.3 Å². The number of aromatic nitrogens is 1. The van der Waals surface area contributed by atoms with Crippen molar-refractivity contribution in [1.82, 2.24) is 10.3 Å². The lowest BCUT2D eigenvalue weighted by Gasteiger charge is -2.07. The largest absolute Gasteiger partial charge is 0.396 e. The average Bonchev–Trinajstić information content (AvgIpc) is 2.73. The normalized spacial score (nSPS) is 12.5. The highest BCUT2D eigenvalue weighted by molar-refractivity contribution is 7.09. The van der Waals surface area contributed by atoms with Gasteiger partial charge in [-0.3, -0.25) is 4.79 Å². The average molecular weight is 229 g/mol. The molecule has 0 aliphatic rings. The van der Waals surface area contributed by atoms with E-state index in [0.29, 0.717) is 18.8 Å². The summed E-state index contributed by atoms with van der Waals surface area (Å²) in [5, 5.41) is 13.9. The second kappa shape index (κ2) is 5.79. The summed E-state index contributed by atoms with van der Waals surface area (Å²) in [4.78, 5) is 15.6. The highest BCUT2D eigenvalue weighted by atomic mass is 32.1. The number of hydrogen-bond acceptors (Lipinski definition) is 5. The van der Waals surface area contributed by atoms with Crippen molar-refractivity contribution in [1.29, 1.82) is 0 Å². The Balaban J connectivity index is 2.46. The van der Waals surface area contributed by atoms with Gasteiger partial charge in [-0.1, -0.05) is 6.92 Å². The zero-order valence-corrected chi connectivity index (χ0v) is 9.38. The molecule has 6 heteroatoms. The van der Waals surface area contributed by atoms with Gasteiger partial charge in [-0.25, -0.2) is 4.98 Å². The van der Waals surface area contributed by atoms with Crippen molar-refractivity contribution in [2.75, 3.05) is 13.2 Å². The monoisotopic (exact) mass is 229 g/mol. The molecule has 0 radical (unpaired) electrons. The lowest BCUT2D eigenvalue weighted by atomic mass is 10.2. The lowest BCUT2D eigenvalue weighted by Crippen LogP contribution is -2.29. The van der Waals surface area contributed by atoms with Crippen LogP contribution in [0.25, 0.3) is 0 Å². The maximum absolute atomic E-state index is 11.5. The molecule has 0 aliphatic heterocycles. The number of carbonyl (C=O) groups is 1. The van der Waals surface area contributed by atoms with E-state index < -0.39 is 0 Å². The highest BCUT2D eigenvalue weighted by Gasteiger charge is 2.10. The molecule has 1 rings (SSSR count). The maximum Gasteiger partial charge on any atom is 0.270 e. The van der Waals surface area contributed by atoms with Crippen LogP contribution in [0.4, 0.5) is 0 Å². The van der Waals surface area contributed by atoms with E-state index >= 15 is 0 Å². The number of aliphatic hydroxyl groups excluding tert-OH is 1. The number of nitrogens with zero attached hydrogens (tertiary/aromatic N) is 1. The minimum atomic E-state index is -0.216. The first-order chi connectivity index (χ1) is 7.17. The molecule has 1 amide bonds. The Morgan fingerprint density at radius 1 is 1.80 bits per heavy atom. The third-order valence-corrected chi connectivity index (χ3v) is 2.75. The third-order valence-electron chi connectivity index (χ3n) is 1.88. The van der Waals surface area contributed by atoms with E-state index in [1.807, 2.05) is 6.92 Å². The number of carbonyl (C=O) groups excluding carboxylic acids is 1. The molecular weight excluding hydrogens is 214 g/mol. The Kier molecular flexibility index (Phi) is 4.67. The first kappa shape index (κ1) is 12.1. The molecule has 1 aromatic heterocycles. The molecule has 1 unspecified atom stereocenters. The van der Waals surface area contributed by atoms with Gasteiger partial charge >= 0.3 is 0 Å². The van der Waals surface area contributed by atoms with Crippen molar-refractivity contribution in [3.8, 4) is 0 Å². The summed E-state index contributed by atoms with van der Waals surface area (Å²) in [6, 6.07) is 0. The van der Waals surface area contributed by atoms with E-state index in [9.17, 15) is 4.79 Å². The quantitative estimate of drug-likeness (QED) is 0.661. The zero-order valence-electron chi connectivity index (χ0n) is 8.56. The van der Waals surface area contributed by atoms with Gasteiger partial charge in [-0.15, -0.1) is 11.3 Å². The fraction of sp³-hybridized carbons (Fsp3) is 0.556. The predicted molar refractivity (Wildman–Crippen MR) is 58.6 cm³/mol. The summed E-state index contributed by atoms with van der Waals surface area (Å²) >= 11 is 1.37. The van der Waals surface area contributed by atoms with E-state index in [4.69, 9.17) is 10.8 Å². The third kappa shape index (κ3) is 3.58. The van der Waals surface area contributed by atoms with Crippen molar-refractivity contribution >= 4 is 17.2 Å². The number of amides is 1. The molecule has 0 saturated carbocycles. The summed E-state index contributed by atoms with van der Waals surface area (Å²) in [7, 11) is 0. The first-order valence-electron chi connectivity index (χ1n) is 4.71. The van der Waals surface area contributed by atoms with Gasteiger partial charge in [0.05, 0.1) is 0 Å². The number of hydrogen-bond donors (Lipinski definition) is 3. The van der Waals surface area contributed by atoms with E-state index in [2.05, 4.69) is 10.3 Å². The van der Waals surface area contributed by atoms with Gasteiger partial charge in [0.2, 0.25) is 0 Å². The second-order valence-corrected chi connectivity index (χ2v) is 4.27. The lowest BCUT2D eigenvalue weighted by molar-refractivity contribution is 0.0938. The molecule has 0 fully saturated rings. The second-order valence-electron chi connectivity index (χ2n) is 3.33. The number of aliphatic hydroxyl groups is 1. The van der Waals surface area contributed by atoms with Gasteiger partial charge in [-0.05, 0) is 5.92 Å². The molecule has 4 N–H and O–H groups in total. The molecule has 1 heterocycles. The van der Waals surface area contributed by atoms with Crippen molar-refractivity contribution in [3.63, 3.8) is 0 Å². The van der Waals surface area contributed by atoms with Gasteiger partial charge < -0.3 is 16.2 Å². The molecule has 15 heavy (non-hydrogen) atoms. The minimum Gasteiger partial charge on any atom is -0.396 e. The number of thiazole rings is 1. The molecule has 84 valence electrons. The number of rotatable bonds is 5. The van der Waals surface area contributed by atoms with E-state index in [0.717, 1.165) is 5.01 Å². The van der Waals surface area contributed by atoms with Crippen LogP contribution in [-0.4, -0.2) is 29.1 Å². The van der Waals surface area contributed by atoms with Gasteiger partial charge in [0.1, 0.15) is 10.7 Å². The predicted octanol–water partition coefficient (Wildman–Crippen LogP) is -0.0400. The summed E-state index contributed by atoms with van der Waals surface area (Å²) in [5.74, 6) is -0.159.